The van der Waals surface area contributed by atoms with E-state index in [1.807, 2.05) is 0 Å². The molecule has 0 aliphatic carbocycles. The lowest BCUT2D eigenvalue weighted by Gasteiger charge is -2.31. The maximum atomic E-state index is 11.6. The van der Waals surface area contributed by atoms with Gasteiger partial charge in [0.2, 0.25) is 0 Å². The fraction of sp³-hybridized carbons (Fsp3) is 0.545. The number of nitrogens with zero attached hydrogens (tertiary/aromatic N) is 1. The van der Waals surface area contributed by atoms with E-state index in [-0.39, 0.29) is 5.41 Å². The largest absolute Gasteiger partial charge is 0.336 e. The molecule has 1 fully saturated rings. The van der Waals surface area contributed by atoms with E-state index in [4.69, 9.17) is 0 Å². The summed E-state index contributed by atoms with van der Waals surface area (Å²) in [4.78, 5) is 35.0. The van der Waals surface area contributed by atoms with Gasteiger partial charge in [-0.2, -0.15) is 0 Å². The van der Waals surface area contributed by atoms with Crippen LogP contribution in [0.2, 0.25) is 0 Å². The van der Waals surface area contributed by atoms with Crippen LogP contribution >= 0.6 is 0 Å². The third-order valence-corrected chi connectivity index (χ3v) is 3.67. The van der Waals surface area contributed by atoms with Crippen molar-refractivity contribution in [1.82, 2.24) is 25.3 Å². The highest BCUT2D eigenvalue weighted by molar-refractivity contribution is 5.68. The maximum absolute atomic E-state index is 11.6. The van der Waals surface area contributed by atoms with Crippen molar-refractivity contribution in [1.29, 1.82) is 0 Å². The number of hydrogen-bond donors (Lipinski definition) is 4. The number of nitrogens with one attached hydrogen (secondary N) is 4. The van der Waals surface area contributed by atoms with E-state index in [2.05, 4.69) is 32.2 Å². The molecule has 0 atom stereocenters. The molecule has 18 heavy (non-hydrogen) atoms. The van der Waals surface area contributed by atoms with Crippen LogP contribution in [-0.2, 0) is 5.41 Å². The second-order valence-corrected chi connectivity index (χ2v) is 5.03. The number of aromatic nitrogens is 4. The summed E-state index contributed by atoms with van der Waals surface area (Å²) < 4.78 is 0. The highest BCUT2D eigenvalue weighted by Gasteiger charge is 2.32. The van der Waals surface area contributed by atoms with E-state index in [9.17, 15) is 9.59 Å². The van der Waals surface area contributed by atoms with Crippen molar-refractivity contribution < 1.29 is 0 Å². The van der Waals surface area contributed by atoms with Gasteiger partial charge in [0.1, 0.15) is 11.3 Å². The first-order valence-electron chi connectivity index (χ1n) is 6.02. The summed E-state index contributed by atoms with van der Waals surface area (Å²) in [5, 5.41) is 3.30. The Kier molecular flexibility index (Phi) is 2.37. The highest BCUT2D eigenvalue weighted by atomic mass is 16.2. The fourth-order valence-electron chi connectivity index (χ4n) is 2.43. The summed E-state index contributed by atoms with van der Waals surface area (Å²) in [5.41, 5.74) is -0.359. The Morgan fingerprint density at radius 3 is 2.56 bits per heavy atom. The molecule has 3 rings (SSSR count). The van der Waals surface area contributed by atoms with Gasteiger partial charge in [0, 0.05) is 5.41 Å². The molecule has 7 nitrogen and oxygen atoms in total. The average molecular weight is 249 g/mol. The van der Waals surface area contributed by atoms with Gasteiger partial charge in [-0.05, 0) is 25.9 Å². The highest BCUT2D eigenvalue weighted by Crippen LogP contribution is 2.31. The van der Waals surface area contributed by atoms with E-state index in [1.165, 1.54) is 0 Å². The van der Waals surface area contributed by atoms with Gasteiger partial charge in [0.25, 0.3) is 5.56 Å². The number of fused-ring (bicyclic) bond motifs is 1. The molecule has 0 aromatic carbocycles. The first-order valence-corrected chi connectivity index (χ1v) is 6.02. The van der Waals surface area contributed by atoms with E-state index in [0.29, 0.717) is 11.2 Å². The second kappa shape index (κ2) is 3.81. The van der Waals surface area contributed by atoms with Gasteiger partial charge >= 0.3 is 5.69 Å². The molecule has 0 saturated carbocycles. The van der Waals surface area contributed by atoms with Gasteiger partial charge in [-0.1, -0.05) is 6.92 Å². The number of rotatable bonds is 1. The lowest BCUT2D eigenvalue weighted by Crippen LogP contribution is -2.38. The predicted octanol–water partition coefficient (Wildman–Crippen LogP) is -0.419. The first-order chi connectivity index (χ1) is 8.58. The normalized spacial score (nSPS) is 19.2. The molecule has 0 amide bonds. The topological polar surface area (TPSA) is 106 Å². The van der Waals surface area contributed by atoms with Crippen molar-refractivity contribution in [2.45, 2.75) is 25.2 Å². The van der Waals surface area contributed by atoms with Crippen molar-refractivity contribution >= 4 is 11.2 Å². The van der Waals surface area contributed by atoms with Crippen LogP contribution in [0.3, 0.4) is 0 Å². The van der Waals surface area contributed by atoms with Crippen molar-refractivity contribution in [3.63, 3.8) is 0 Å². The summed E-state index contributed by atoms with van der Waals surface area (Å²) in [7, 11) is 0. The van der Waals surface area contributed by atoms with E-state index < -0.39 is 11.2 Å². The zero-order chi connectivity index (χ0) is 12.8. The quantitative estimate of drug-likeness (QED) is 0.550. The minimum atomic E-state index is -0.527. The summed E-state index contributed by atoms with van der Waals surface area (Å²) in [6.45, 7) is 3.98. The van der Waals surface area contributed by atoms with Gasteiger partial charge in [0.15, 0.2) is 5.65 Å². The number of hydrogen-bond acceptors (Lipinski definition) is 4. The Labute approximate surface area is 102 Å². The monoisotopic (exact) mass is 249 g/mol. The number of imidazole rings is 1. The Morgan fingerprint density at radius 2 is 1.83 bits per heavy atom. The molecule has 1 aliphatic heterocycles. The molecular formula is C11H15N5O2. The maximum Gasteiger partial charge on any atom is 0.327 e. The third-order valence-electron chi connectivity index (χ3n) is 3.67. The van der Waals surface area contributed by atoms with Crippen LogP contribution in [0.5, 0.6) is 0 Å². The van der Waals surface area contributed by atoms with E-state index >= 15 is 0 Å². The zero-order valence-corrected chi connectivity index (χ0v) is 10.1. The summed E-state index contributed by atoms with van der Waals surface area (Å²) >= 11 is 0. The Balaban J connectivity index is 2.16. The predicted molar refractivity (Wildman–Crippen MR) is 66.8 cm³/mol. The molecule has 0 unspecified atom stereocenters. The lowest BCUT2D eigenvalue weighted by atomic mass is 9.80. The van der Waals surface area contributed by atoms with Gasteiger partial charge in [-0.15, -0.1) is 0 Å². The molecule has 3 heterocycles. The Hall–Kier alpha value is -1.89. The van der Waals surface area contributed by atoms with Crippen LogP contribution in [0.1, 0.15) is 25.6 Å². The Morgan fingerprint density at radius 1 is 1.11 bits per heavy atom. The van der Waals surface area contributed by atoms with Crippen LogP contribution in [0.4, 0.5) is 0 Å². The van der Waals surface area contributed by atoms with Gasteiger partial charge in [-0.25, -0.2) is 9.78 Å². The van der Waals surface area contributed by atoms with Crippen LogP contribution in [0.25, 0.3) is 11.2 Å². The average Bonchev–Trinajstić information content (AvgIpc) is 2.74. The second-order valence-electron chi connectivity index (χ2n) is 5.03. The molecule has 7 heteroatoms. The molecule has 96 valence electrons. The molecular weight excluding hydrogens is 234 g/mol. The van der Waals surface area contributed by atoms with E-state index in [1.54, 1.807) is 0 Å². The third kappa shape index (κ3) is 1.67. The molecule has 0 radical (unpaired) electrons. The number of piperidine rings is 1. The van der Waals surface area contributed by atoms with Crippen molar-refractivity contribution in [3.8, 4) is 0 Å². The van der Waals surface area contributed by atoms with Crippen LogP contribution in [0, 0.1) is 0 Å². The van der Waals surface area contributed by atoms with Crippen molar-refractivity contribution in [2.75, 3.05) is 13.1 Å². The zero-order valence-electron chi connectivity index (χ0n) is 10.1. The summed E-state index contributed by atoms with van der Waals surface area (Å²) in [6.07, 6.45) is 1.91. The van der Waals surface area contributed by atoms with E-state index in [0.717, 1.165) is 31.8 Å². The van der Waals surface area contributed by atoms with Gasteiger partial charge in [-0.3, -0.25) is 14.8 Å². The number of aromatic amines is 3. The molecule has 0 spiro atoms. The molecule has 0 bridgehead atoms. The SMILES string of the molecule is CC1(c2nc3[nH]c(=O)[nH]c(=O)c3[nH]2)CCNCC1. The standard InChI is InChI=1S/C11H15N5O2/c1-11(2-4-12-5-3-11)9-13-6-7(14-9)15-10(18)16-8(6)17/h12H,2-5H2,1H3,(H3,13,14,15,16,17,18). The molecule has 2 aromatic rings. The fourth-order valence-corrected chi connectivity index (χ4v) is 2.43. The molecule has 2 aromatic heterocycles. The van der Waals surface area contributed by atoms with Gasteiger partial charge in [0.05, 0.1) is 0 Å². The summed E-state index contributed by atoms with van der Waals surface area (Å²) in [6, 6.07) is 0. The Bertz CT molecular complexity index is 689. The molecule has 4 N–H and O–H groups in total. The first kappa shape index (κ1) is 11.2. The number of H-pyrrole nitrogens is 3. The minimum absolute atomic E-state index is 0.0758. The lowest BCUT2D eigenvalue weighted by molar-refractivity contribution is 0.321. The minimum Gasteiger partial charge on any atom is -0.336 e. The van der Waals surface area contributed by atoms with Gasteiger partial charge < -0.3 is 10.3 Å². The van der Waals surface area contributed by atoms with Crippen LogP contribution < -0.4 is 16.6 Å². The van der Waals surface area contributed by atoms with Crippen molar-refractivity contribution in [3.05, 3.63) is 26.7 Å². The van der Waals surface area contributed by atoms with Crippen molar-refractivity contribution in [2.24, 2.45) is 0 Å². The summed E-state index contributed by atoms with van der Waals surface area (Å²) in [5.74, 6) is 0.770. The van der Waals surface area contributed by atoms with Crippen LogP contribution in [0.15, 0.2) is 9.59 Å². The molecule has 1 saturated heterocycles. The smallest absolute Gasteiger partial charge is 0.327 e. The molecule has 1 aliphatic rings. The van der Waals surface area contributed by atoms with Crippen LogP contribution in [-0.4, -0.2) is 33.0 Å².